The fourth-order valence-corrected chi connectivity index (χ4v) is 3.40. The molecule has 31 heavy (non-hydrogen) atoms. The molecule has 0 fully saturated rings. The van der Waals surface area contributed by atoms with Gasteiger partial charge in [-0.1, -0.05) is 0 Å². The monoisotopic (exact) mass is 454 g/mol. The summed E-state index contributed by atoms with van der Waals surface area (Å²) in [5, 5.41) is 8.91. The molecular formula is C19H17F3N4O4S. The molecule has 12 heteroatoms. The number of nitrogens with zero attached hydrogens (tertiary/aromatic N) is 4. The largest absolute Gasteiger partial charge is 0.490 e. The Kier molecular flexibility index (Phi) is 6.90. The molecule has 4 rings (SSSR count). The van der Waals surface area contributed by atoms with Gasteiger partial charge < -0.3 is 19.3 Å². The number of amides is 1. The van der Waals surface area contributed by atoms with Crippen LogP contribution in [0.1, 0.15) is 16.2 Å². The minimum atomic E-state index is -5.08. The summed E-state index contributed by atoms with van der Waals surface area (Å²) in [7, 11) is 0. The van der Waals surface area contributed by atoms with Crippen molar-refractivity contribution in [2.24, 2.45) is 0 Å². The van der Waals surface area contributed by atoms with Gasteiger partial charge in [0.1, 0.15) is 17.5 Å². The minimum Gasteiger partial charge on any atom is -0.485 e. The highest BCUT2D eigenvalue weighted by atomic mass is 32.1. The molecule has 1 amide bonds. The van der Waals surface area contributed by atoms with Crippen LogP contribution in [-0.4, -0.2) is 55.2 Å². The number of ether oxygens (including phenoxy) is 1. The maximum Gasteiger partial charge on any atom is 0.490 e. The molecule has 0 bridgehead atoms. The van der Waals surface area contributed by atoms with Gasteiger partial charge in [0.25, 0.3) is 5.91 Å². The number of fused-ring (bicyclic) bond motifs is 1. The van der Waals surface area contributed by atoms with Crippen LogP contribution in [0.4, 0.5) is 13.2 Å². The number of hydrogen-bond acceptors (Lipinski definition) is 6. The van der Waals surface area contributed by atoms with Gasteiger partial charge in [-0.3, -0.25) is 9.78 Å². The predicted molar refractivity (Wildman–Crippen MR) is 104 cm³/mol. The summed E-state index contributed by atoms with van der Waals surface area (Å²) >= 11 is 1.42. The van der Waals surface area contributed by atoms with Crippen molar-refractivity contribution in [3.05, 3.63) is 65.1 Å². The number of aliphatic carboxylic acids is 1. The molecule has 1 atom stereocenters. The molecule has 0 saturated carbocycles. The molecule has 1 aliphatic heterocycles. The third-order valence-electron chi connectivity index (χ3n) is 4.22. The van der Waals surface area contributed by atoms with Crippen molar-refractivity contribution in [2.75, 3.05) is 6.54 Å². The second kappa shape index (κ2) is 9.60. The Morgan fingerprint density at radius 1 is 1.23 bits per heavy atom. The molecule has 1 aliphatic rings. The van der Waals surface area contributed by atoms with Crippen LogP contribution in [0.25, 0.3) is 0 Å². The Labute approximate surface area is 178 Å². The average Bonchev–Trinajstić information content (AvgIpc) is 3.37. The lowest BCUT2D eigenvalue weighted by molar-refractivity contribution is -0.192. The van der Waals surface area contributed by atoms with Crippen molar-refractivity contribution in [1.82, 2.24) is 19.4 Å². The van der Waals surface area contributed by atoms with Crippen LogP contribution in [0.2, 0.25) is 0 Å². The van der Waals surface area contributed by atoms with Crippen LogP contribution in [0, 0.1) is 0 Å². The highest BCUT2D eigenvalue weighted by molar-refractivity contribution is 7.07. The number of halogens is 3. The summed E-state index contributed by atoms with van der Waals surface area (Å²) in [6.07, 6.45) is 0.187. The summed E-state index contributed by atoms with van der Waals surface area (Å²) < 4.78 is 39.9. The number of carbonyl (C=O) groups is 2. The van der Waals surface area contributed by atoms with Crippen LogP contribution in [-0.2, 0) is 17.9 Å². The predicted octanol–water partition coefficient (Wildman–Crippen LogP) is 3.08. The van der Waals surface area contributed by atoms with E-state index in [-0.39, 0.29) is 12.0 Å². The Morgan fingerprint density at radius 3 is 2.61 bits per heavy atom. The molecule has 3 aromatic heterocycles. The molecule has 1 unspecified atom stereocenters. The number of carboxylic acids is 1. The summed E-state index contributed by atoms with van der Waals surface area (Å²) in [6, 6.07) is 7.74. The number of carboxylic acid groups (broad SMARTS) is 1. The van der Waals surface area contributed by atoms with Crippen molar-refractivity contribution in [2.45, 2.75) is 25.4 Å². The molecule has 0 aliphatic carbocycles. The second-order valence-corrected chi connectivity index (χ2v) is 7.16. The first-order valence-electron chi connectivity index (χ1n) is 8.92. The zero-order chi connectivity index (χ0) is 22.4. The van der Waals surface area contributed by atoms with Gasteiger partial charge in [0.15, 0.2) is 0 Å². The lowest BCUT2D eigenvalue weighted by Crippen LogP contribution is -2.38. The van der Waals surface area contributed by atoms with Crippen LogP contribution in [0.15, 0.2) is 53.7 Å². The Hall–Kier alpha value is -3.41. The van der Waals surface area contributed by atoms with Gasteiger partial charge >= 0.3 is 12.1 Å². The number of alkyl halides is 3. The second-order valence-electron chi connectivity index (χ2n) is 6.44. The molecule has 8 nitrogen and oxygen atoms in total. The lowest BCUT2D eigenvalue weighted by Gasteiger charge is -2.24. The molecule has 0 saturated heterocycles. The zero-order valence-corrected chi connectivity index (χ0v) is 16.7. The highest BCUT2D eigenvalue weighted by Gasteiger charge is 2.38. The number of pyridine rings is 1. The van der Waals surface area contributed by atoms with Crippen molar-refractivity contribution in [1.29, 1.82) is 0 Å². The van der Waals surface area contributed by atoms with Gasteiger partial charge in [-0.2, -0.15) is 13.2 Å². The van der Waals surface area contributed by atoms with Crippen LogP contribution >= 0.6 is 11.3 Å². The first kappa shape index (κ1) is 22.3. The van der Waals surface area contributed by atoms with E-state index in [0.717, 1.165) is 5.69 Å². The van der Waals surface area contributed by atoms with Crippen LogP contribution < -0.4 is 4.74 Å². The molecule has 0 radical (unpaired) electrons. The average molecular weight is 454 g/mol. The van der Waals surface area contributed by atoms with E-state index in [1.807, 2.05) is 30.5 Å². The van der Waals surface area contributed by atoms with Crippen LogP contribution in [0.5, 0.6) is 5.75 Å². The first-order valence-corrected chi connectivity index (χ1v) is 9.86. The maximum absolute atomic E-state index is 12.7. The van der Waals surface area contributed by atoms with Crippen LogP contribution in [0.3, 0.4) is 0 Å². The Morgan fingerprint density at radius 2 is 2.00 bits per heavy atom. The van der Waals surface area contributed by atoms with Gasteiger partial charge in [0, 0.05) is 23.5 Å². The number of carbonyl (C=O) groups excluding carboxylic acids is 1. The fraction of sp³-hybridized carbons (Fsp3) is 0.263. The van der Waals surface area contributed by atoms with E-state index in [1.54, 1.807) is 28.2 Å². The molecule has 0 aromatic carbocycles. The lowest BCUT2D eigenvalue weighted by atomic mass is 10.3. The van der Waals surface area contributed by atoms with Crippen molar-refractivity contribution >= 4 is 23.2 Å². The topological polar surface area (TPSA) is 97.5 Å². The quantitative estimate of drug-likeness (QED) is 0.653. The standard InChI is InChI=1S/C17H16N4O2S.C2HF3O2/c22-17(16-11-24-12-19-16)21-8-13-3-2-6-20(13)9-15(10-21)23-14-4-1-5-18-7-14;3-2(4,5)1(6)7/h1-7,11-12,15H,8-10H2;(H,6,7). The molecule has 0 spiro atoms. The molecular weight excluding hydrogens is 437 g/mol. The SMILES string of the molecule is O=C(O)C(F)(F)F.O=C(c1cscn1)N1Cc2cccn2CC(Oc2cccnc2)C1. The first-order chi connectivity index (χ1) is 14.7. The summed E-state index contributed by atoms with van der Waals surface area (Å²) in [5.41, 5.74) is 3.26. The summed E-state index contributed by atoms with van der Waals surface area (Å²) in [6.45, 7) is 1.75. The smallest absolute Gasteiger partial charge is 0.485 e. The Balaban J connectivity index is 0.000000339. The van der Waals surface area contributed by atoms with Gasteiger partial charge in [0.2, 0.25) is 0 Å². The van der Waals surface area contributed by atoms with Gasteiger partial charge in [-0.25, -0.2) is 9.78 Å². The van der Waals surface area contributed by atoms with Crippen molar-refractivity contribution in [3.63, 3.8) is 0 Å². The van der Waals surface area contributed by atoms with Crippen molar-refractivity contribution in [3.8, 4) is 5.75 Å². The third kappa shape index (κ3) is 6.04. The van der Waals surface area contributed by atoms with E-state index >= 15 is 0 Å². The number of thiazole rings is 1. The normalized spacial score (nSPS) is 15.8. The molecule has 3 aromatic rings. The highest BCUT2D eigenvalue weighted by Crippen LogP contribution is 2.20. The molecule has 4 heterocycles. The van der Waals surface area contributed by atoms with Gasteiger partial charge in [0.05, 0.1) is 31.3 Å². The van der Waals surface area contributed by atoms with Gasteiger partial charge in [-0.05, 0) is 24.3 Å². The zero-order valence-electron chi connectivity index (χ0n) is 15.9. The molecule has 164 valence electrons. The van der Waals surface area contributed by atoms with Crippen molar-refractivity contribution < 1.29 is 32.6 Å². The number of aromatic nitrogens is 3. The third-order valence-corrected chi connectivity index (χ3v) is 4.81. The van der Waals surface area contributed by atoms with E-state index in [1.165, 1.54) is 11.3 Å². The minimum absolute atomic E-state index is 0.0642. The van der Waals surface area contributed by atoms with E-state index in [0.29, 0.717) is 31.1 Å². The van der Waals surface area contributed by atoms with E-state index in [4.69, 9.17) is 14.6 Å². The van der Waals surface area contributed by atoms with E-state index < -0.39 is 12.1 Å². The fourth-order valence-electron chi connectivity index (χ4n) is 2.87. The van der Waals surface area contributed by atoms with Gasteiger partial charge in [-0.15, -0.1) is 11.3 Å². The Bertz CT molecular complexity index is 1010. The number of rotatable bonds is 3. The summed E-state index contributed by atoms with van der Waals surface area (Å²) in [4.78, 5) is 31.7. The summed E-state index contributed by atoms with van der Waals surface area (Å²) in [5.74, 6) is -2.11. The van der Waals surface area contributed by atoms with E-state index in [2.05, 4.69) is 14.5 Å². The number of hydrogen-bond donors (Lipinski definition) is 1. The maximum atomic E-state index is 12.7. The van der Waals surface area contributed by atoms with E-state index in [9.17, 15) is 18.0 Å². The molecule has 1 N–H and O–H groups in total.